The summed E-state index contributed by atoms with van der Waals surface area (Å²) in [6.45, 7) is 8.63. The van der Waals surface area contributed by atoms with Gasteiger partial charge < -0.3 is 45.0 Å². The van der Waals surface area contributed by atoms with Crippen molar-refractivity contribution in [2.24, 2.45) is 5.92 Å². The van der Waals surface area contributed by atoms with Gasteiger partial charge in [0, 0.05) is 80.8 Å². The van der Waals surface area contributed by atoms with E-state index in [2.05, 4.69) is 30.7 Å². The predicted octanol–water partition coefficient (Wildman–Crippen LogP) is 2.92. The van der Waals surface area contributed by atoms with Crippen LogP contribution in [0.15, 0.2) is 48.5 Å². The van der Waals surface area contributed by atoms with Crippen molar-refractivity contribution >= 4 is 41.1 Å². The molecule has 0 unspecified atom stereocenters. The molecule has 276 valence electrons. The Morgan fingerprint density at radius 1 is 0.654 bits per heavy atom. The molecule has 0 radical (unpaired) electrons. The molecule has 5 heterocycles. The van der Waals surface area contributed by atoms with Crippen molar-refractivity contribution in [1.29, 1.82) is 0 Å². The zero-order valence-corrected chi connectivity index (χ0v) is 29.8. The number of likely N-dealkylation sites (tertiary alicyclic amines) is 2. The van der Waals surface area contributed by atoms with E-state index in [1.807, 2.05) is 29.2 Å². The van der Waals surface area contributed by atoms with Gasteiger partial charge in [0.05, 0.1) is 26.4 Å². The van der Waals surface area contributed by atoms with Crippen molar-refractivity contribution in [3.63, 3.8) is 0 Å². The predicted molar refractivity (Wildman–Crippen MR) is 198 cm³/mol. The monoisotopic (exact) mass is 712 g/mol. The Balaban J connectivity index is 0.909. The summed E-state index contributed by atoms with van der Waals surface area (Å²) in [7, 11) is 1.70. The Morgan fingerprint density at radius 3 is 1.69 bits per heavy atom. The third kappa shape index (κ3) is 8.60. The number of aromatic nitrogens is 3. The quantitative estimate of drug-likeness (QED) is 0.316. The number of hydrogen-bond acceptors (Lipinski definition) is 11. The maximum absolute atomic E-state index is 13.3. The lowest BCUT2D eigenvalue weighted by Crippen LogP contribution is -2.50. The second-order valence-electron chi connectivity index (χ2n) is 13.6. The van der Waals surface area contributed by atoms with Crippen LogP contribution in [0.1, 0.15) is 36.0 Å². The fourth-order valence-corrected chi connectivity index (χ4v) is 7.33. The van der Waals surface area contributed by atoms with Crippen molar-refractivity contribution in [3.05, 3.63) is 54.1 Å². The summed E-state index contributed by atoms with van der Waals surface area (Å²) < 4.78 is 11.1. The molecule has 4 aliphatic rings. The SMILES string of the molecule is CNC(=O)C1CCN(C2CCN(C(=O)c3ccc(NC(=O)Nc4ccc(-c5nc(N6CCOCC6)nc(N6CCOCC6)n5)cc4)cc3)CC2)CC1. The van der Waals surface area contributed by atoms with Gasteiger partial charge in [-0.2, -0.15) is 15.0 Å². The number of piperidine rings is 2. The summed E-state index contributed by atoms with van der Waals surface area (Å²) >= 11 is 0. The van der Waals surface area contributed by atoms with Crippen molar-refractivity contribution < 1.29 is 23.9 Å². The molecule has 0 saturated carbocycles. The number of anilines is 4. The molecule has 15 heteroatoms. The number of nitrogens with one attached hydrogen (secondary N) is 3. The highest BCUT2D eigenvalue weighted by atomic mass is 16.5. The fraction of sp³-hybridized carbons (Fsp3) is 0.514. The maximum Gasteiger partial charge on any atom is 0.323 e. The highest BCUT2D eigenvalue weighted by Gasteiger charge is 2.31. The van der Waals surface area contributed by atoms with Gasteiger partial charge in [0.15, 0.2) is 5.82 Å². The molecule has 4 saturated heterocycles. The van der Waals surface area contributed by atoms with Crippen LogP contribution in [-0.4, -0.2) is 134 Å². The standard InChI is InChI=1S/C37H48N10O5/c1-38-33(48)27-10-14-44(15-11-27)31-12-16-45(17-13-31)34(49)28-4-8-30(9-5-28)40-37(50)39-29-6-2-26(3-7-29)32-41-35(46-18-22-51-23-19-46)43-36(42-32)47-20-24-52-25-21-47/h2-9,27,31H,10-25H2,1H3,(H,38,48)(H2,39,40,50). The fourth-order valence-electron chi connectivity index (χ4n) is 7.33. The van der Waals surface area contributed by atoms with Crippen LogP contribution in [0.3, 0.4) is 0 Å². The number of benzene rings is 2. The van der Waals surface area contributed by atoms with Crippen molar-refractivity contribution in [1.82, 2.24) is 30.1 Å². The van der Waals surface area contributed by atoms with Crippen LogP contribution >= 0.6 is 0 Å². The molecule has 3 aromatic rings. The van der Waals surface area contributed by atoms with Gasteiger partial charge in [-0.05, 0) is 87.3 Å². The smallest absolute Gasteiger partial charge is 0.323 e. The van der Waals surface area contributed by atoms with Gasteiger partial charge in [-0.3, -0.25) is 9.59 Å². The third-order valence-electron chi connectivity index (χ3n) is 10.4. The number of ether oxygens (including phenoxy) is 2. The van der Waals surface area contributed by atoms with Gasteiger partial charge in [-0.15, -0.1) is 0 Å². The molecule has 0 bridgehead atoms. The molecule has 0 spiro atoms. The van der Waals surface area contributed by atoms with Crippen LogP contribution in [0.2, 0.25) is 0 Å². The summed E-state index contributed by atoms with van der Waals surface area (Å²) in [5, 5.41) is 8.51. The van der Waals surface area contributed by atoms with Crippen LogP contribution in [0.25, 0.3) is 11.4 Å². The van der Waals surface area contributed by atoms with E-state index in [4.69, 9.17) is 24.4 Å². The van der Waals surface area contributed by atoms with Gasteiger partial charge in [0.2, 0.25) is 17.8 Å². The third-order valence-corrected chi connectivity index (χ3v) is 10.4. The van der Waals surface area contributed by atoms with Crippen LogP contribution in [0, 0.1) is 5.92 Å². The molecular formula is C37H48N10O5. The van der Waals surface area contributed by atoms with Crippen LogP contribution in [-0.2, 0) is 14.3 Å². The highest BCUT2D eigenvalue weighted by Crippen LogP contribution is 2.26. The van der Waals surface area contributed by atoms with E-state index in [9.17, 15) is 14.4 Å². The van der Waals surface area contributed by atoms with Crippen molar-refractivity contribution in [2.75, 3.05) is 106 Å². The molecule has 4 aliphatic heterocycles. The highest BCUT2D eigenvalue weighted by molar-refractivity contribution is 6.00. The molecule has 15 nitrogen and oxygen atoms in total. The maximum atomic E-state index is 13.3. The molecule has 0 aliphatic carbocycles. The average Bonchev–Trinajstić information content (AvgIpc) is 3.21. The topological polar surface area (TPSA) is 157 Å². The van der Waals surface area contributed by atoms with E-state index in [1.54, 1.807) is 31.3 Å². The van der Waals surface area contributed by atoms with Crippen molar-refractivity contribution in [2.45, 2.75) is 31.7 Å². The number of carbonyl (C=O) groups excluding carboxylic acids is 3. The first-order chi connectivity index (χ1) is 25.4. The van der Waals surface area contributed by atoms with Crippen LogP contribution in [0.5, 0.6) is 0 Å². The zero-order chi connectivity index (χ0) is 35.9. The number of amides is 4. The van der Waals surface area contributed by atoms with Gasteiger partial charge >= 0.3 is 6.03 Å². The molecule has 1 aromatic heterocycles. The number of hydrogen-bond donors (Lipinski definition) is 3. The number of carbonyl (C=O) groups is 3. The van der Waals surface area contributed by atoms with Gasteiger partial charge in [0.1, 0.15) is 0 Å². The number of urea groups is 1. The largest absolute Gasteiger partial charge is 0.378 e. The number of morpholine rings is 2. The lowest BCUT2D eigenvalue weighted by molar-refractivity contribution is -0.126. The first kappa shape index (κ1) is 35.5. The summed E-state index contributed by atoms with van der Waals surface area (Å²) in [6, 6.07) is 14.5. The minimum atomic E-state index is -0.391. The Morgan fingerprint density at radius 2 is 1.17 bits per heavy atom. The summed E-state index contributed by atoms with van der Waals surface area (Å²) in [5.41, 5.74) is 2.60. The summed E-state index contributed by atoms with van der Waals surface area (Å²) in [5.74, 6) is 2.06. The van der Waals surface area contributed by atoms with E-state index in [0.717, 1.165) is 44.3 Å². The zero-order valence-electron chi connectivity index (χ0n) is 29.8. The molecule has 7 rings (SSSR count). The normalized spacial score (nSPS) is 19.3. The second-order valence-corrected chi connectivity index (χ2v) is 13.6. The first-order valence-corrected chi connectivity index (χ1v) is 18.4. The molecule has 0 atom stereocenters. The second kappa shape index (κ2) is 16.7. The average molecular weight is 713 g/mol. The lowest BCUT2D eigenvalue weighted by Gasteiger charge is -2.41. The molecular weight excluding hydrogens is 664 g/mol. The Bertz CT molecular complexity index is 1640. The number of rotatable bonds is 8. The Hall–Kier alpha value is -4.86. The molecule has 52 heavy (non-hydrogen) atoms. The molecule has 4 fully saturated rings. The molecule has 3 N–H and O–H groups in total. The van der Waals surface area contributed by atoms with Crippen molar-refractivity contribution in [3.8, 4) is 11.4 Å². The van der Waals surface area contributed by atoms with E-state index in [0.29, 0.717) is 106 Å². The lowest BCUT2D eigenvalue weighted by atomic mass is 9.92. The Kier molecular flexibility index (Phi) is 11.4. The van der Waals surface area contributed by atoms with Gasteiger partial charge in [0.25, 0.3) is 5.91 Å². The summed E-state index contributed by atoms with van der Waals surface area (Å²) in [6.07, 6.45) is 3.63. The van der Waals surface area contributed by atoms with Gasteiger partial charge in [-0.25, -0.2) is 4.79 Å². The first-order valence-electron chi connectivity index (χ1n) is 18.4. The van der Waals surface area contributed by atoms with E-state index in [1.165, 1.54) is 0 Å². The van der Waals surface area contributed by atoms with Gasteiger partial charge in [-0.1, -0.05) is 0 Å². The minimum Gasteiger partial charge on any atom is -0.378 e. The van der Waals surface area contributed by atoms with Crippen LogP contribution in [0.4, 0.5) is 28.1 Å². The van der Waals surface area contributed by atoms with Crippen LogP contribution < -0.4 is 25.8 Å². The minimum absolute atomic E-state index is 0.000162. The molecule has 2 aromatic carbocycles. The van der Waals surface area contributed by atoms with E-state index in [-0.39, 0.29) is 17.7 Å². The van der Waals surface area contributed by atoms with E-state index < -0.39 is 6.03 Å². The Labute approximate surface area is 304 Å². The summed E-state index contributed by atoms with van der Waals surface area (Å²) in [4.78, 5) is 61.2. The number of nitrogens with zero attached hydrogens (tertiary/aromatic N) is 7. The van der Waals surface area contributed by atoms with E-state index >= 15 is 0 Å². The molecule has 4 amide bonds.